The van der Waals surface area contributed by atoms with Gasteiger partial charge in [0.05, 0.1) is 12.1 Å². The minimum Gasteiger partial charge on any atom is -0.490 e. The first-order valence-electron chi connectivity index (χ1n) is 16.2. The molecule has 3 aromatic rings. The van der Waals surface area contributed by atoms with Crippen LogP contribution in [0.1, 0.15) is 48.3 Å². The summed E-state index contributed by atoms with van der Waals surface area (Å²) in [4.78, 5) is 27.9. The highest BCUT2D eigenvalue weighted by atomic mass is 19.3. The fraction of sp³-hybridized carbons (Fsp3) is 0.545. The molecule has 4 aliphatic rings. The lowest BCUT2D eigenvalue weighted by Gasteiger charge is -2.58. The van der Waals surface area contributed by atoms with Crippen molar-refractivity contribution in [2.75, 3.05) is 50.7 Å². The van der Waals surface area contributed by atoms with E-state index in [0.29, 0.717) is 18.9 Å². The van der Waals surface area contributed by atoms with Crippen LogP contribution in [0.5, 0.6) is 17.4 Å². The van der Waals surface area contributed by atoms with E-state index in [9.17, 15) is 18.0 Å². The summed E-state index contributed by atoms with van der Waals surface area (Å²) in [6.45, 7) is 9.05. The van der Waals surface area contributed by atoms with E-state index in [-0.39, 0.29) is 28.7 Å². The third-order valence-electron chi connectivity index (χ3n) is 9.67. The number of anilines is 1. The molecule has 1 N–H and O–H groups in total. The van der Waals surface area contributed by atoms with Crippen molar-refractivity contribution in [2.24, 2.45) is 11.3 Å². The van der Waals surface area contributed by atoms with Crippen molar-refractivity contribution < 1.29 is 27.4 Å². The monoisotopic (exact) mass is 652 g/mol. The van der Waals surface area contributed by atoms with Gasteiger partial charge in [-0.1, -0.05) is 0 Å². The van der Waals surface area contributed by atoms with E-state index in [1.54, 1.807) is 13.8 Å². The molecule has 11 nitrogen and oxygen atoms in total. The molecule has 1 amide bonds. The van der Waals surface area contributed by atoms with Crippen molar-refractivity contribution in [1.82, 2.24) is 35.3 Å². The van der Waals surface area contributed by atoms with Crippen LogP contribution >= 0.6 is 0 Å². The summed E-state index contributed by atoms with van der Waals surface area (Å²) in [5, 5.41) is 11.3. The molecule has 47 heavy (non-hydrogen) atoms. The first kappa shape index (κ1) is 31.6. The molecule has 3 fully saturated rings. The van der Waals surface area contributed by atoms with E-state index in [0.717, 1.165) is 86.4 Å². The lowest BCUT2D eigenvalue weighted by molar-refractivity contribution is -0.0353. The van der Waals surface area contributed by atoms with Crippen LogP contribution in [0.4, 0.5) is 19.0 Å². The molecule has 2 saturated heterocycles. The van der Waals surface area contributed by atoms with E-state index in [2.05, 4.69) is 30.4 Å². The van der Waals surface area contributed by atoms with Crippen LogP contribution in [0.3, 0.4) is 0 Å². The second kappa shape index (κ2) is 12.9. The molecule has 5 heterocycles. The number of nitrogens with one attached hydrogen (secondary N) is 1. The highest BCUT2D eigenvalue weighted by Crippen LogP contribution is 2.52. The summed E-state index contributed by atoms with van der Waals surface area (Å²) < 4.78 is 53.3. The van der Waals surface area contributed by atoms with E-state index in [1.165, 1.54) is 18.0 Å². The quantitative estimate of drug-likeness (QED) is 0.327. The Labute approximate surface area is 271 Å². The number of ether oxygens (including phenoxy) is 2. The number of alkyl halides is 2. The van der Waals surface area contributed by atoms with Crippen LogP contribution in [-0.4, -0.2) is 100 Å². The number of fused-ring (bicyclic) bond motifs is 1. The third-order valence-corrected chi connectivity index (χ3v) is 9.67. The van der Waals surface area contributed by atoms with E-state index in [1.807, 2.05) is 17.2 Å². The predicted octanol–water partition coefficient (Wildman–Crippen LogP) is 3.94. The number of halogens is 3. The van der Waals surface area contributed by atoms with Crippen molar-refractivity contribution in [2.45, 2.75) is 58.2 Å². The van der Waals surface area contributed by atoms with E-state index in [4.69, 9.17) is 9.47 Å². The number of carbonyl (C=O) groups is 1. The van der Waals surface area contributed by atoms with Crippen LogP contribution in [-0.2, 0) is 13.0 Å². The molecule has 1 aromatic carbocycles. The minimum absolute atomic E-state index is 0.0178. The van der Waals surface area contributed by atoms with Gasteiger partial charge < -0.3 is 24.6 Å². The standard InChI is InChI=1S/C33H39F3N8O3/c1-20(2)44(16-29(35)36)32(45)24-9-22(34)3-4-27(24)47-31-30(39-19-40-41-31)43-17-33(18-43)10-23(11-33)46-28-5-7-38-26-6-8-42(15-25(26)28)14-21-12-37-13-21/h3-5,7,9,19-21,23,29,37H,6,8,10-18H2,1-2H3. The molecule has 1 spiro atoms. The second-order valence-electron chi connectivity index (χ2n) is 13.5. The lowest BCUT2D eigenvalue weighted by Crippen LogP contribution is -2.65. The van der Waals surface area contributed by atoms with Gasteiger partial charge in [-0.2, -0.15) is 0 Å². The highest BCUT2D eigenvalue weighted by molar-refractivity contribution is 5.97. The first-order chi connectivity index (χ1) is 22.7. The third kappa shape index (κ3) is 6.57. The largest absolute Gasteiger partial charge is 0.490 e. The Morgan fingerprint density at radius 2 is 1.96 bits per heavy atom. The zero-order valence-corrected chi connectivity index (χ0v) is 26.5. The minimum atomic E-state index is -2.75. The maximum Gasteiger partial charge on any atom is 0.282 e. The van der Waals surface area contributed by atoms with Gasteiger partial charge >= 0.3 is 0 Å². The number of rotatable bonds is 11. The molecular formula is C33H39F3N8O3. The average Bonchev–Trinajstić information content (AvgIpc) is 2.99. The van der Waals surface area contributed by atoms with Crippen molar-refractivity contribution >= 4 is 11.7 Å². The Hall–Kier alpha value is -4.04. The normalized spacial score (nSPS) is 19.3. The molecule has 0 radical (unpaired) electrons. The molecule has 0 atom stereocenters. The summed E-state index contributed by atoms with van der Waals surface area (Å²) in [7, 11) is 0. The fourth-order valence-electron chi connectivity index (χ4n) is 7.15. The maximum absolute atomic E-state index is 14.3. The van der Waals surface area contributed by atoms with Crippen molar-refractivity contribution in [3.63, 3.8) is 0 Å². The van der Waals surface area contributed by atoms with Crippen LogP contribution in [0.25, 0.3) is 0 Å². The van der Waals surface area contributed by atoms with E-state index >= 15 is 0 Å². The van der Waals surface area contributed by atoms with Gasteiger partial charge in [-0.25, -0.2) is 18.2 Å². The summed E-state index contributed by atoms with van der Waals surface area (Å²) in [5.41, 5.74) is 2.24. The van der Waals surface area contributed by atoms with Crippen LogP contribution < -0.4 is 19.7 Å². The smallest absolute Gasteiger partial charge is 0.282 e. The van der Waals surface area contributed by atoms with Gasteiger partial charge in [0.25, 0.3) is 18.2 Å². The molecule has 1 saturated carbocycles. The molecule has 3 aliphatic heterocycles. The van der Waals surface area contributed by atoms with Gasteiger partial charge in [-0.05, 0) is 56.9 Å². The SMILES string of the molecule is CC(C)N(CC(F)F)C(=O)c1cc(F)ccc1Oc1nncnc1N1CC2(CC(Oc3ccnc4c3CN(CC3CNC3)CC4)C2)C1. The molecule has 14 heteroatoms. The number of nitrogens with zero attached hydrogens (tertiary/aromatic N) is 7. The van der Waals surface area contributed by atoms with Crippen molar-refractivity contribution in [3.05, 3.63) is 59.4 Å². The number of hydrogen-bond donors (Lipinski definition) is 1. The topological polar surface area (TPSA) is 109 Å². The number of benzene rings is 1. The zero-order valence-electron chi connectivity index (χ0n) is 26.5. The maximum atomic E-state index is 14.3. The Balaban J connectivity index is 0.993. The Bertz CT molecular complexity index is 1610. The lowest BCUT2D eigenvalue weighted by atomic mass is 9.61. The van der Waals surface area contributed by atoms with E-state index < -0.39 is 30.7 Å². The first-order valence-corrected chi connectivity index (χ1v) is 16.2. The molecule has 250 valence electrons. The summed E-state index contributed by atoms with van der Waals surface area (Å²) in [6.07, 6.45) is 3.27. The van der Waals surface area contributed by atoms with Crippen molar-refractivity contribution in [3.8, 4) is 17.4 Å². The Morgan fingerprint density at radius 3 is 2.68 bits per heavy atom. The number of aromatic nitrogens is 4. The van der Waals surface area contributed by atoms with Crippen LogP contribution in [0.15, 0.2) is 36.8 Å². The molecule has 0 unspecified atom stereocenters. The van der Waals surface area contributed by atoms with Gasteiger partial charge in [0.1, 0.15) is 29.7 Å². The fourth-order valence-corrected chi connectivity index (χ4v) is 7.15. The summed E-state index contributed by atoms with van der Waals surface area (Å²) in [6, 6.07) is 4.86. The predicted molar refractivity (Wildman–Crippen MR) is 166 cm³/mol. The molecule has 0 bridgehead atoms. The average molecular weight is 653 g/mol. The number of pyridine rings is 1. The summed E-state index contributed by atoms with van der Waals surface area (Å²) in [5.74, 6) is 0.664. The Morgan fingerprint density at radius 1 is 1.15 bits per heavy atom. The van der Waals surface area contributed by atoms with Crippen LogP contribution in [0.2, 0.25) is 0 Å². The van der Waals surface area contributed by atoms with Crippen LogP contribution in [0, 0.1) is 17.2 Å². The molecule has 1 aliphatic carbocycles. The van der Waals surface area contributed by atoms with Gasteiger partial charge in [-0.3, -0.25) is 14.7 Å². The molecule has 7 rings (SSSR count). The van der Waals surface area contributed by atoms with Gasteiger partial charge in [0.15, 0.2) is 5.82 Å². The second-order valence-corrected chi connectivity index (χ2v) is 13.5. The van der Waals surface area contributed by atoms with Gasteiger partial charge in [0.2, 0.25) is 0 Å². The molecular weight excluding hydrogens is 613 g/mol. The zero-order chi connectivity index (χ0) is 32.7. The van der Waals surface area contributed by atoms with Gasteiger partial charge in [0, 0.05) is 81.1 Å². The number of amides is 1. The number of hydrogen-bond acceptors (Lipinski definition) is 10. The highest BCUT2D eigenvalue weighted by Gasteiger charge is 2.54. The summed E-state index contributed by atoms with van der Waals surface area (Å²) >= 11 is 0. The number of carbonyl (C=O) groups excluding carboxylic acids is 1. The molecule has 2 aromatic heterocycles. The van der Waals surface area contributed by atoms with Crippen molar-refractivity contribution in [1.29, 1.82) is 0 Å². The van der Waals surface area contributed by atoms with Gasteiger partial charge in [-0.15, -0.1) is 10.2 Å². The Kier molecular flexibility index (Phi) is 8.64.